The Labute approximate surface area is 209 Å². The molecule has 1 fully saturated rings. The number of nitrogens with one attached hydrogen (secondary N) is 3. The van der Waals surface area contributed by atoms with Gasteiger partial charge in [-0.05, 0) is 37.6 Å². The average molecular weight is 570 g/mol. The molecule has 1 aliphatic heterocycles. The summed E-state index contributed by atoms with van der Waals surface area (Å²) in [4.78, 5) is 14.7. The number of aliphatic imine (C=N–C) groups is 1. The smallest absolute Gasteiger partial charge is 0.387 e. The molecule has 0 amide bonds. The van der Waals surface area contributed by atoms with Crippen LogP contribution in [0.4, 0.5) is 14.5 Å². The van der Waals surface area contributed by atoms with Gasteiger partial charge in [0, 0.05) is 38.6 Å². The Balaban J connectivity index is 0.00000306. The van der Waals surface area contributed by atoms with E-state index in [4.69, 9.17) is 0 Å². The van der Waals surface area contributed by atoms with Crippen LogP contribution in [0.25, 0.3) is 11.0 Å². The lowest BCUT2D eigenvalue weighted by Crippen LogP contribution is -2.44. The molecule has 1 aromatic heterocycles. The topological polar surface area (TPSA) is 77.6 Å². The maximum Gasteiger partial charge on any atom is 0.387 e. The summed E-state index contributed by atoms with van der Waals surface area (Å²) in [5, 5.41) is 6.75. The zero-order valence-electron chi connectivity index (χ0n) is 18.4. The molecular weight excluding hydrogens is 541 g/mol. The molecule has 7 nitrogen and oxygen atoms in total. The standard InChI is InChI=1S/C23H28F2N6O.HI/c1-2-26-23(27-13-11-21-29-17-7-3-4-8-18(17)30-21)28-16-12-14-31(15-16)19-9-5-6-10-20(19)32-22(24)25;/h3-10,16,22H,2,11-15H2,1H3,(H,29,30)(H2,26,27,28);1H. The number of H-pyrrole nitrogens is 1. The van der Waals surface area contributed by atoms with Gasteiger partial charge in [0.1, 0.15) is 11.6 Å². The third-order valence-corrected chi connectivity index (χ3v) is 5.35. The number of aromatic amines is 1. The summed E-state index contributed by atoms with van der Waals surface area (Å²) in [7, 11) is 0. The number of rotatable bonds is 8. The monoisotopic (exact) mass is 570 g/mol. The Hall–Kier alpha value is -2.63. The molecule has 1 unspecified atom stereocenters. The second-order valence-electron chi connectivity index (χ2n) is 7.63. The van der Waals surface area contributed by atoms with Gasteiger partial charge >= 0.3 is 6.61 Å². The Morgan fingerprint density at radius 2 is 2.03 bits per heavy atom. The molecule has 10 heteroatoms. The third-order valence-electron chi connectivity index (χ3n) is 5.35. The Bertz CT molecular complexity index is 1030. The quantitative estimate of drug-likeness (QED) is 0.216. The lowest BCUT2D eigenvalue weighted by Gasteiger charge is -2.22. The van der Waals surface area contributed by atoms with Crippen molar-refractivity contribution in [1.82, 2.24) is 20.6 Å². The van der Waals surface area contributed by atoms with Crippen molar-refractivity contribution in [2.24, 2.45) is 4.99 Å². The number of benzene rings is 2. The van der Waals surface area contributed by atoms with Gasteiger partial charge in [-0.3, -0.25) is 4.99 Å². The molecule has 1 aliphatic rings. The van der Waals surface area contributed by atoms with Crippen molar-refractivity contribution in [3.63, 3.8) is 0 Å². The number of guanidine groups is 1. The van der Waals surface area contributed by atoms with Gasteiger partial charge in [0.2, 0.25) is 0 Å². The molecule has 3 aromatic rings. The van der Waals surface area contributed by atoms with Gasteiger partial charge in [0.05, 0.1) is 16.7 Å². The molecule has 1 saturated heterocycles. The molecule has 4 rings (SSSR count). The molecule has 2 heterocycles. The lowest BCUT2D eigenvalue weighted by atomic mass is 10.2. The number of hydrogen-bond acceptors (Lipinski definition) is 4. The first kappa shape index (κ1) is 25.0. The Morgan fingerprint density at radius 1 is 1.24 bits per heavy atom. The van der Waals surface area contributed by atoms with E-state index in [2.05, 4.69) is 35.2 Å². The fourth-order valence-corrected chi connectivity index (χ4v) is 3.92. The van der Waals surface area contributed by atoms with Gasteiger partial charge < -0.3 is 25.3 Å². The average Bonchev–Trinajstić information content (AvgIpc) is 3.40. The van der Waals surface area contributed by atoms with E-state index in [9.17, 15) is 8.78 Å². The summed E-state index contributed by atoms with van der Waals surface area (Å²) < 4.78 is 30.2. The van der Waals surface area contributed by atoms with Gasteiger partial charge in [0.25, 0.3) is 0 Å². The first-order valence-corrected chi connectivity index (χ1v) is 10.9. The number of para-hydroxylation sites is 4. The molecule has 0 saturated carbocycles. The Morgan fingerprint density at radius 3 is 2.82 bits per heavy atom. The van der Waals surface area contributed by atoms with E-state index in [0.29, 0.717) is 25.2 Å². The minimum atomic E-state index is -2.84. The van der Waals surface area contributed by atoms with Gasteiger partial charge in [-0.25, -0.2) is 4.98 Å². The van der Waals surface area contributed by atoms with Gasteiger partial charge in [-0.15, -0.1) is 24.0 Å². The number of imidazole rings is 1. The zero-order chi connectivity index (χ0) is 22.3. The molecule has 33 heavy (non-hydrogen) atoms. The van der Waals surface area contributed by atoms with E-state index in [-0.39, 0.29) is 35.8 Å². The fraction of sp³-hybridized carbons (Fsp3) is 0.391. The molecule has 178 valence electrons. The highest BCUT2D eigenvalue weighted by molar-refractivity contribution is 14.0. The van der Waals surface area contributed by atoms with E-state index in [0.717, 1.165) is 42.3 Å². The van der Waals surface area contributed by atoms with Crippen LogP contribution in [0.5, 0.6) is 5.75 Å². The predicted octanol–water partition coefficient (Wildman–Crippen LogP) is 4.16. The second-order valence-corrected chi connectivity index (χ2v) is 7.63. The van der Waals surface area contributed by atoms with Crippen LogP contribution in [0.2, 0.25) is 0 Å². The predicted molar refractivity (Wildman–Crippen MR) is 138 cm³/mol. The molecular formula is C23H29F2IN6O. The van der Waals surface area contributed by atoms with Crippen LogP contribution in [-0.4, -0.2) is 54.8 Å². The van der Waals surface area contributed by atoms with Gasteiger partial charge in [-0.1, -0.05) is 24.3 Å². The number of anilines is 1. The van der Waals surface area contributed by atoms with E-state index in [1.54, 1.807) is 12.1 Å². The highest BCUT2D eigenvalue weighted by atomic mass is 127. The van der Waals surface area contributed by atoms with E-state index in [1.165, 1.54) is 0 Å². The summed E-state index contributed by atoms with van der Waals surface area (Å²) in [5.74, 6) is 1.86. The maximum atomic E-state index is 12.7. The number of ether oxygens (including phenoxy) is 1. The van der Waals surface area contributed by atoms with Crippen molar-refractivity contribution in [2.45, 2.75) is 32.4 Å². The van der Waals surface area contributed by atoms with Crippen molar-refractivity contribution < 1.29 is 13.5 Å². The van der Waals surface area contributed by atoms with Crippen molar-refractivity contribution in [3.05, 3.63) is 54.4 Å². The normalized spacial score (nSPS) is 16.2. The highest BCUT2D eigenvalue weighted by Gasteiger charge is 2.26. The minimum Gasteiger partial charge on any atom is -0.433 e. The van der Waals surface area contributed by atoms with Crippen LogP contribution in [-0.2, 0) is 6.42 Å². The van der Waals surface area contributed by atoms with Crippen molar-refractivity contribution >= 4 is 46.7 Å². The van der Waals surface area contributed by atoms with Crippen molar-refractivity contribution in [2.75, 3.05) is 31.1 Å². The molecule has 0 spiro atoms. The minimum absolute atomic E-state index is 0. The van der Waals surface area contributed by atoms with Gasteiger partial charge in [0.15, 0.2) is 5.96 Å². The maximum absolute atomic E-state index is 12.7. The summed E-state index contributed by atoms with van der Waals surface area (Å²) in [6.45, 7) is 1.95. The van der Waals surface area contributed by atoms with E-state index in [1.807, 2.05) is 43.3 Å². The van der Waals surface area contributed by atoms with Crippen LogP contribution in [0.15, 0.2) is 53.5 Å². The molecule has 1 atom stereocenters. The number of hydrogen-bond donors (Lipinski definition) is 3. The summed E-state index contributed by atoms with van der Waals surface area (Å²) in [6.07, 6.45) is 1.58. The summed E-state index contributed by atoms with van der Waals surface area (Å²) in [6, 6.07) is 15.0. The Kier molecular flexibility index (Phi) is 9.10. The number of alkyl halides is 2. The lowest BCUT2D eigenvalue weighted by molar-refractivity contribution is -0.0495. The first-order valence-electron chi connectivity index (χ1n) is 10.9. The number of halogens is 3. The van der Waals surface area contributed by atoms with E-state index >= 15 is 0 Å². The largest absolute Gasteiger partial charge is 0.433 e. The molecule has 0 aliphatic carbocycles. The summed E-state index contributed by atoms with van der Waals surface area (Å²) >= 11 is 0. The summed E-state index contributed by atoms with van der Waals surface area (Å²) in [5.41, 5.74) is 2.67. The molecule has 3 N–H and O–H groups in total. The molecule has 0 radical (unpaired) electrons. The third kappa shape index (κ3) is 6.68. The van der Waals surface area contributed by atoms with Crippen LogP contribution in [0, 0.1) is 0 Å². The van der Waals surface area contributed by atoms with Crippen molar-refractivity contribution in [3.8, 4) is 5.75 Å². The zero-order valence-corrected chi connectivity index (χ0v) is 20.8. The van der Waals surface area contributed by atoms with Crippen molar-refractivity contribution in [1.29, 1.82) is 0 Å². The van der Waals surface area contributed by atoms with Crippen LogP contribution >= 0.6 is 24.0 Å². The van der Waals surface area contributed by atoms with Crippen LogP contribution < -0.4 is 20.3 Å². The SMILES string of the molecule is CCNC(=NCCc1nc2ccccc2[nH]1)NC1CCN(c2ccccc2OC(F)F)C1.I. The van der Waals surface area contributed by atoms with Crippen LogP contribution in [0.1, 0.15) is 19.2 Å². The number of fused-ring (bicyclic) bond motifs is 1. The fourth-order valence-electron chi connectivity index (χ4n) is 3.92. The van der Waals surface area contributed by atoms with Crippen LogP contribution in [0.3, 0.4) is 0 Å². The number of nitrogens with zero attached hydrogens (tertiary/aromatic N) is 3. The molecule has 2 aromatic carbocycles. The first-order chi connectivity index (χ1) is 15.6. The van der Waals surface area contributed by atoms with E-state index < -0.39 is 6.61 Å². The van der Waals surface area contributed by atoms with Gasteiger partial charge in [-0.2, -0.15) is 8.78 Å². The highest BCUT2D eigenvalue weighted by Crippen LogP contribution is 2.31. The molecule has 0 bridgehead atoms. The second kappa shape index (κ2) is 12.0. The number of aromatic nitrogens is 2.